The molecule has 1 amide bonds. The lowest BCUT2D eigenvalue weighted by Crippen LogP contribution is -2.47. The first-order chi connectivity index (χ1) is 16.7. The average Bonchev–Trinajstić information content (AvgIpc) is 3.34. The summed E-state index contributed by atoms with van der Waals surface area (Å²) in [4.78, 5) is 29.5. The zero-order valence-electron chi connectivity index (χ0n) is 20.7. The van der Waals surface area contributed by atoms with E-state index in [1.165, 1.54) is 0 Å². The van der Waals surface area contributed by atoms with Gasteiger partial charge in [-0.1, -0.05) is 30.3 Å². The fourth-order valence-electron chi connectivity index (χ4n) is 4.30. The molecule has 1 N–H and O–H groups in total. The standard InChI is InChI=1S/C25H31FN6O3/c1-6-34-23-28-13-19(26)22(30-23)29-21-17-14-32(25(2,3)18(17)12-27-21)24(33)35-20(15-31(4)5)16-10-8-7-9-11-16/h7-11,13,20H,6,12,14-15H2,1-5H3,(H,27,28,29,30)/t20-/m1/s1. The van der Waals surface area contributed by atoms with Gasteiger partial charge in [0, 0.05) is 12.1 Å². The van der Waals surface area contributed by atoms with Gasteiger partial charge < -0.3 is 19.7 Å². The van der Waals surface area contributed by atoms with Gasteiger partial charge >= 0.3 is 12.1 Å². The normalized spacial score (nSPS) is 17.3. The highest BCUT2D eigenvalue weighted by Gasteiger charge is 2.46. The quantitative estimate of drug-likeness (QED) is 0.644. The van der Waals surface area contributed by atoms with Crippen molar-refractivity contribution in [1.29, 1.82) is 0 Å². The number of likely N-dealkylation sites (N-methyl/N-ethyl adjacent to an activating group) is 1. The van der Waals surface area contributed by atoms with E-state index in [-0.39, 0.29) is 11.8 Å². The maximum Gasteiger partial charge on any atom is 0.411 e. The van der Waals surface area contributed by atoms with Crippen LogP contribution < -0.4 is 10.1 Å². The number of halogens is 1. The van der Waals surface area contributed by atoms with Crippen LogP contribution in [0, 0.1) is 5.82 Å². The van der Waals surface area contributed by atoms with Crippen LogP contribution in [-0.2, 0) is 4.74 Å². The molecule has 2 aliphatic rings. The molecule has 1 atom stereocenters. The highest BCUT2D eigenvalue weighted by molar-refractivity contribution is 6.11. The van der Waals surface area contributed by atoms with E-state index in [1.807, 2.05) is 63.2 Å². The largest absolute Gasteiger partial charge is 0.464 e. The number of nitrogens with zero attached hydrogens (tertiary/aromatic N) is 5. The predicted octanol–water partition coefficient (Wildman–Crippen LogP) is 3.67. The number of benzene rings is 1. The molecule has 9 nitrogen and oxygen atoms in total. The second-order valence-corrected chi connectivity index (χ2v) is 9.22. The minimum atomic E-state index is -0.617. The molecule has 2 aromatic rings. The number of carbonyl (C=O) groups is 1. The Kier molecular flexibility index (Phi) is 7.02. The number of carbonyl (C=O) groups excluding carboxylic acids is 1. The first-order valence-corrected chi connectivity index (χ1v) is 11.6. The lowest BCUT2D eigenvalue weighted by atomic mass is 9.94. The van der Waals surface area contributed by atoms with Crippen molar-refractivity contribution < 1.29 is 18.7 Å². The van der Waals surface area contributed by atoms with Gasteiger partial charge in [0.25, 0.3) is 0 Å². The SMILES string of the molecule is CCOc1ncc(F)c(NC2=NCC3=C2CN(C(=O)O[C@H](CN(C)C)c2ccccc2)C3(C)C)n1. The van der Waals surface area contributed by atoms with Crippen molar-refractivity contribution in [3.63, 3.8) is 0 Å². The number of amides is 1. The number of aliphatic imine (C=N–C) groups is 1. The zero-order chi connectivity index (χ0) is 25.2. The predicted molar refractivity (Wildman–Crippen MR) is 131 cm³/mol. The maximum absolute atomic E-state index is 14.4. The van der Waals surface area contributed by atoms with Crippen molar-refractivity contribution in [3.8, 4) is 6.01 Å². The van der Waals surface area contributed by atoms with Crippen LogP contribution in [0.5, 0.6) is 6.01 Å². The van der Waals surface area contributed by atoms with Crippen molar-refractivity contribution in [2.75, 3.05) is 45.7 Å². The van der Waals surface area contributed by atoms with E-state index < -0.39 is 23.6 Å². The number of hydrogen-bond donors (Lipinski definition) is 1. The van der Waals surface area contributed by atoms with Crippen LogP contribution in [-0.4, -0.2) is 77.6 Å². The third-order valence-corrected chi connectivity index (χ3v) is 6.17. The van der Waals surface area contributed by atoms with Gasteiger partial charge in [0.05, 0.1) is 31.4 Å². The van der Waals surface area contributed by atoms with Crippen molar-refractivity contribution in [2.45, 2.75) is 32.4 Å². The molecule has 2 aliphatic heterocycles. The average molecular weight is 483 g/mol. The van der Waals surface area contributed by atoms with E-state index in [1.54, 1.807) is 11.8 Å². The number of anilines is 1. The van der Waals surface area contributed by atoms with Crippen LogP contribution in [0.4, 0.5) is 15.0 Å². The fraction of sp³-hybridized carbons (Fsp3) is 0.440. The van der Waals surface area contributed by atoms with Crippen LogP contribution in [0.2, 0.25) is 0 Å². The first-order valence-electron chi connectivity index (χ1n) is 11.6. The fourth-order valence-corrected chi connectivity index (χ4v) is 4.30. The second kappa shape index (κ2) is 9.99. The van der Waals surface area contributed by atoms with Crippen molar-refractivity contribution >= 4 is 17.7 Å². The van der Waals surface area contributed by atoms with Crippen molar-refractivity contribution in [2.24, 2.45) is 4.99 Å². The summed E-state index contributed by atoms with van der Waals surface area (Å²) in [6, 6.07) is 9.78. The summed E-state index contributed by atoms with van der Waals surface area (Å²) in [5, 5.41) is 2.97. The highest BCUT2D eigenvalue weighted by Crippen LogP contribution is 2.39. The monoisotopic (exact) mass is 482 g/mol. The van der Waals surface area contributed by atoms with Gasteiger partial charge in [-0.2, -0.15) is 4.98 Å². The van der Waals surface area contributed by atoms with Crippen LogP contribution in [0.1, 0.15) is 32.4 Å². The molecule has 186 valence electrons. The van der Waals surface area contributed by atoms with Crippen molar-refractivity contribution in [3.05, 3.63) is 59.1 Å². The number of ether oxygens (including phenoxy) is 2. The van der Waals surface area contributed by atoms with Gasteiger partial charge in [0.15, 0.2) is 11.6 Å². The molecule has 0 bridgehead atoms. The van der Waals surface area contributed by atoms with Crippen LogP contribution >= 0.6 is 0 Å². The summed E-state index contributed by atoms with van der Waals surface area (Å²) in [6.07, 6.45) is 0.233. The molecule has 0 saturated carbocycles. The molecule has 3 heterocycles. The van der Waals surface area contributed by atoms with E-state index in [2.05, 4.69) is 20.3 Å². The Hall–Kier alpha value is -3.53. The molecule has 4 rings (SSSR count). The Labute approximate surface area is 204 Å². The van der Waals surface area contributed by atoms with Gasteiger partial charge in [-0.05, 0) is 46.0 Å². The number of nitrogens with one attached hydrogen (secondary N) is 1. The van der Waals surface area contributed by atoms with Gasteiger partial charge in [0.1, 0.15) is 11.9 Å². The molecular formula is C25H31FN6O3. The van der Waals surface area contributed by atoms with Crippen LogP contribution in [0.25, 0.3) is 0 Å². The highest BCUT2D eigenvalue weighted by atomic mass is 19.1. The molecule has 0 spiro atoms. The zero-order valence-corrected chi connectivity index (χ0v) is 20.7. The Morgan fingerprint density at radius 3 is 2.71 bits per heavy atom. The third-order valence-electron chi connectivity index (χ3n) is 6.17. The molecule has 1 aromatic carbocycles. The van der Waals surface area contributed by atoms with Crippen molar-refractivity contribution in [1.82, 2.24) is 19.8 Å². The minimum absolute atomic E-state index is 0.0232. The van der Waals surface area contributed by atoms with Gasteiger partial charge in [-0.25, -0.2) is 14.2 Å². The van der Waals surface area contributed by atoms with E-state index >= 15 is 0 Å². The smallest absolute Gasteiger partial charge is 0.411 e. The summed E-state index contributed by atoms with van der Waals surface area (Å²) >= 11 is 0. The summed E-state index contributed by atoms with van der Waals surface area (Å²) in [5.74, 6) is -0.158. The Morgan fingerprint density at radius 2 is 2.03 bits per heavy atom. The van der Waals surface area contributed by atoms with E-state index in [0.717, 1.165) is 22.9 Å². The summed E-state index contributed by atoms with van der Waals surface area (Å²) in [7, 11) is 3.88. The molecule has 35 heavy (non-hydrogen) atoms. The van der Waals surface area contributed by atoms with Gasteiger partial charge in [0.2, 0.25) is 0 Å². The molecule has 1 aromatic heterocycles. The van der Waals surface area contributed by atoms with E-state index in [4.69, 9.17) is 9.47 Å². The molecule has 0 unspecified atom stereocenters. The van der Waals surface area contributed by atoms with Gasteiger partial charge in [-0.3, -0.25) is 9.89 Å². The third kappa shape index (κ3) is 5.12. The summed E-state index contributed by atoms with van der Waals surface area (Å²) < 4.78 is 25.7. The topological polar surface area (TPSA) is 92.2 Å². The summed E-state index contributed by atoms with van der Waals surface area (Å²) in [5.41, 5.74) is 2.15. The first kappa shape index (κ1) is 24.6. The Balaban J connectivity index is 1.51. The number of aromatic nitrogens is 2. The number of amidine groups is 1. The number of rotatable bonds is 7. The summed E-state index contributed by atoms with van der Waals surface area (Å²) in [6.45, 7) is 7.35. The molecular weight excluding hydrogens is 451 g/mol. The van der Waals surface area contributed by atoms with E-state index in [0.29, 0.717) is 32.1 Å². The van der Waals surface area contributed by atoms with E-state index in [9.17, 15) is 9.18 Å². The minimum Gasteiger partial charge on any atom is -0.464 e. The molecule has 0 saturated heterocycles. The maximum atomic E-state index is 14.4. The lowest BCUT2D eigenvalue weighted by molar-refractivity contribution is 0.0383. The number of hydrogen-bond acceptors (Lipinski definition) is 8. The lowest BCUT2D eigenvalue weighted by Gasteiger charge is -2.35. The molecule has 0 fully saturated rings. The second-order valence-electron chi connectivity index (χ2n) is 9.22. The van der Waals surface area contributed by atoms with Crippen LogP contribution in [0.3, 0.4) is 0 Å². The van der Waals surface area contributed by atoms with Gasteiger partial charge in [-0.15, -0.1) is 0 Å². The molecule has 0 radical (unpaired) electrons. The van der Waals surface area contributed by atoms with Crippen LogP contribution in [0.15, 0.2) is 52.7 Å². The Bertz CT molecular complexity index is 1150. The Morgan fingerprint density at radius 1 is 1.29 bits per heavy atom. The molecule has 10 heteroatoms. The molecule has 0 aliphatic carbocycles.